The average molecular weight is 381 g/mol. The Labute approximate surface area is 155 Å². The van der Waals surface area contributed by atoms with Crippen LogP contribution in [-0.4, -0.2) is 43.8 Å². The molecule has 0 saturated carbocycles. The SMILES string of the molecule is CC1CCN(c2ccc(S(=O)(=O)N3CCC(C)CC3)cc2[N+](=O)[O-])CC1. The standard InChI is InChI=1S/C18H27N3O4S/c1-14-5-9-19(10-6-14)17-4-3-16(13-18(17)21(22)23)26(24,25)20-11-7-15(2)8-12-20/h3-4,13-15H,5-12H2,1-2H3. The molecule has 7 nitrogen and oxygen atoms in total. The van der Waals surface area contributed by atoms with E-state index in [1.807, 2.05) is 4.90 Å². The van der Waals surface area contributed by atoms with E-state index in [1.54, 1.807) is 6.07 Å². The number of hydrogen-bond donors (Lipinski definition) is 0. The zero-order valence-corrected chi connectivity index (χ0v) is 16.2. The number of benzene rings is 1. The summed E-state index contributed by atoms with van der Waals surface area (Å²) >= 11 is 0. The van der Waals surface area contributed by atoms with E-state index in [0.717, 1.165) is 38.8 Å². The second-order valence-electron chi connectivity index (χ2n) is 7.66. The molecule has 26 heavy (non-hydrogen) atoms. The van der Waals surface area contributed by atoms with Crippen LogP contribution in [0.25, 0.3) is 0 Å². The van der Waals surface area contributed by atoms with Gasteiger partial charge in [-0.2, -0.15) is 4.31 Å². The van der Waals surface area contributed by atoms with Gasteiger partial charge in [0.25, 0.3) is 5.69 Å². The summed E-state index contributed by atoms with van der Waals surface area (Å²) in [6, 6.07) is 4.36. The molecule has 2 aliphatic heterocycles. The highest BCUT2D eigenvalue weighted by molar-refractivity contribution is 7.89. The van der Waals surface area contributed by atoms with Gasteiger partial charge in [-0.3, -0.25) is 10.1 Å². The summed E-state index contributed by atoms with van der Waals surface area (Å²) in [5.41, 5.74) is 0.402. The van der Waals surface area contributed by atoms with Crippen LogP contribution in [0.4, 0.5) is 11.4 Å². The van der Waals surface area contributed by atoms with Crippen molar-refractivity contribution in [2.24, 2.45) is 11.8 Å². The smallest absolute Gasteiger partial charge is 0.293 e. The molecule has 1 aromatic carbocycles. The molecule has 2 fully saturated rings. The molecule has 2 heterocycles. The van der Waals surface area contributed by atoms with E-state index in [-0.39, 0.29) is 10.6 Å². The summed E-state index contributed by atoms with van der Waals surface area (Å²) in [6.07, 6.45) is 3.63. The first kappa shape index (κ1) is 19.1. The average Bonchev–Trinajstić information content (AvgIpc) is 2.62. The van der Waals surface area contributed by atoms with Crippen molar-refractivity contribution >= 4 is 21.4 Å². The van der Waals surface area contributed by atoms with E-state index in [0.29, 0.717) is 30.6 Å². The second kappa shape index (κ2) is 7.52. The van der Waals surface area contributed by atoms with E-state index >= 15 is 0 Å². The Morgan fingerprint density at radius 3 is 2.08 bits per heavy atom. The topological polar surface area (TPSA) is 83.8 Å². The molecule has 0 aromatic heterocycles. The molecule has 0 atom stereocenters. The highest BCUT2D eigenvalue weighted by Crippen LogP contribution is 2.34. The maximum atomic E-state index is 12.9. The van der Waals surface area contributed by atoms with Crippen LogP contribution in [0.2, 0.25) is 0 Å². The van der Waals surface area contributed by atoms with E-state index in [1.165, 1.54) is 16.4 Å². The van der Waals surface area contributed by atoms with Crippen molar-refractivity contribution in [3.8, 4) is 0 Å². The van der Waals surface area contributed by atoms with Crippen molar-refractivity contribution in [1.82, 2.24) is 4.31 Å². The molecule has 0 unspecified atom stereocenters. The second-order valence-corrected chi connectivity index (χ2v) is 9.60. The normalized spacial score (nSPS) is 21.1. The lowest BCUT2D eigenvalue weighted by molar-refractivity contribution is -0.384. The van der Waals surface area contributed by atoms with Gasteiger partial charge < -0.3 is 4.90 Å². The number of sulfonamides is 1. The van der Waals surface area contributed by atoms with Gasteiger partial charge >= 0.3 is 0 Å². The molecular formula is C18H27N3O4S. The number of nitro benzene ring substituents is 1. The summed E-state index contributed by atoms with van der Waals surface area (Å²) in [4.78, 5) is 13.1. The maximum absolute atomic E-state index is 12.9. The van der Waals surface area contributed by atoms with Gasteiger partial charge in [-0.05, 0) is 49.7 Å². The van der Waals surface area contributed by atoms with Crippen molar-refractivity contribution in [1.29, 1.82) is 0 Å². The van der Waals surface area contributed by atoms with Crippen molar-refractivity contribution in [2.45, 2.75) is 44.4 Å². The predicted octanol–water partition coefficient (Wildman–Crippen LogP) is 3.25. The van der Waals surface area contributed by atoms with Gasteiger partial charge in [-0.1, -0.05) is 13.8 Å². The van der Waals surface area contributed by atoms with Gasteiger partial charge in [0.15, 0.2) is 0 Å². The zero-order valence-electron chi connectivity index (χ0n) is 15.4. The van der Waals surface area contributed by atoms with Crippen LogP contribution >= 0.6 is 0 Å². The molecule has 0 N–H and O–H groups in total. The molecule has 2 saturated heterocycles. The molecular weight excluding hydrogens is 354 g/mol. The van der Waals surface area contributed by atoms with Gasteiger partial charge in [0, 0.05) is 32.2 Å². The molecule has 0 spiro atoms. The first-order valence-electron chi connectivity index (χ1n) is 9.32. The number of rotatable bonds is 4. The van der Waals surface area contributed by atoms with Crippen molar-refractivity contribution in [3.63, 3.8) is 0 Å². The van der Waals surface area contributed by atoms with Gasteiger partial charge in [0.2, 0.25) is 10.0 Å². The largest absolute Gasteiger partial charge is 0.366 e. The predicted molar refractivity (Wildman–Crippen MR) is 101 cm³/mol. The van der Waals surface area contributed by atoms with Crippen molar-refractivity contribution in [2.75, 3.05) is 31.1 Å². The molecule has 3 rings (SSSR count). The fraction of sp³-hybridized carbons (Fsp3) is 0.667. The van der Waals surface area contributed by atoms with Crippen LogP contribution in [0.1, 0.15) is 39.5 Å². The van der Waals surface area contributed by atoms with Gasteiger partial charge in [-0.25, -0.2) is 8.42 Å². The Hall–Kier alpha value is -1.67. The fourth-order valence-electron chi connectivity index (χ4n) is 3.70. The maximum Gasteiger partial charge on any atom is 0.293 e. The van der Waals surface area contributed by atoms with Crippen LogP contribution in [0, 0.1) is 22.0 Å². The van der Waals surface area contributed by atoms with Crippen molar-refractivity contribution in [3.05, 3.63) is 28.3 Å². The Morgan fingerprint density at radius 1 is 1.00 bits per heavy atom. The number of anilines is 1. The molecule has 144 valence electrons. The molecule has 2 aliphatic rings. The highest BCUT2D eigenvalue weighted by atomic mass is 32.2. The number of piperidine rings is 2. The molecule has 0 bridgehead atoms. The number of nitrogens with zero attached hydrogens (tertiary/aromatic N) is 3. The molecule has 0 amide bonds. The lowest BCUT2D eigenvalue weighted by Crippen LogP contribution is -2.38. The van der Waals surface area contributed by atoms with Crippen LogP contribution in [0.5, 0.6) is 0 Å². The Morgan fingerprint density at radius 2 is 1.54 bits per heavy atom. The van der Waals surface area contributed by atoms with E-state index in [9.17, 15) is 18.5 Å². The van der Waals surface area contributed by atoms with Crippen molar-refractivity contribution < 1.29 is 13.3 Å². The fourth-order valence-corrected chi connectivity index (χ4v) is 5.19. The van der Waals surface area contributed by atoms with Gasteiger partial charge in [0.1, 0.15) is 5.69 Å². The number of hydrogen-bond acceptors (Lipinski definition) is 5. The first-order chi connectivity index (χ1) is 12.3. The van der Waals surface area contributed by atoms with E-state index in [4.69, 9.17) is 0 Å². The van der Waals surface area contributed by atoms with Gasteiger partial charge in [-0.15, -0.1) is 0 Å². The minimum atomic E-state index is -3.69. The summed E-state index contributed by atoms with van der Waals surface area (Å²) in [5, 5.41) is 11.6. The molecule has 0 aliphatic carbocycles. The number of nitro groups is 1. The Bertz CT molecular complexity index is 765. The van der Waals surface area contributed by atoms with Crippen LogP contribution in [0.15, 0.2) is 23.1 Å². The third-order valence-corrected chi connectivity index (χ3v) is 7.54. The minimum absolute atomic E-state index is 0.0212. The van der Waals surface area contributed by atoms with E-state index in [2.05, 4.69) is 13.8 Å². The highest BCUT2D eigenvalue weighted by Gasteiger charge is 2.31. The quantitative estimate of drug-likeness (QED) is 0.590. The van der Waals surface area contributed by atoms with Crippen LogP contribution < -0.4 is 4.90 Å². The van der Waals surface area contributed by atoms with Crippen LogP contribution in [0.3, 0.4) is 0 Å². The zero-order chi connectivity index (χ0) is 18.9. The molecule has 1 aromatic rings. The minimum Gasteiger partial charge on any atom is -0.366 e. The first-order valence-corrected chi connectivity index (χ1v) is 10.8. The Kier molecular flexibility index (Phi) is 5.53. The lowest BCUT2D eigenvalue weighted by atomic mass is 9.98. The van der Waals surface area contributed by atoms with Crippen LogP contribution in [-0.2, 0) is 10.0 Å². The Balaban J connectivity index is 1.90. The summed E-state index contributed by atoms with van der Waals surface area (Å²) in [7, 11) is -3.69. The third kappa shape index (κ3) is 3.86. The summed E-state index contributed by atoms with van der Waals surface area (Å²) in [5.74, 6) is 1.13. The van der Waals surface area contributed by atoms with Gasteiger partial charge in [0.05, 0.1) is 9.82 Å². The third-order valence-electron chi connectivity index (χ3n) is 5.65. The summed E-state index contributed by atoms with van der Waals surface area (Å²) < 4.78 is 27.2. The lowest BCUT2D eigenvalue weighted by Gasteiger charge is -2.32. The van der Waals surface area contributed by atoms with E-state index < -0.39 is 14.9 Å². The molecule has 0 radical (unpaired) electrons. The molecule has 8 heteroatoms. The monoisotopic (exact) mass is 381 g/mol. The summed E-state index contributed by atoms with van der Waals surface area (Å²) in [6.45, 7) is 6.77.